The van der Waals surface area contributed by atoms with Crippen LogP contribution in [0.2, 0.25) is 0 Å². The van der Waals surface area contributed by atoms with Gasteiger partial charge in [0.25, 0.3) is 0 Å². The Morgan fingerprint density at radius 1 is 0.398 bits per heavy atom. The van der Waals surface area contributed by atoms with Crippen LogP contribution in [0, 0.1) is 0 Å². The third-order valence-electron chi connectivity index (χ3n) is 17.7. The van der Waals surface area contributed by atoms with Gasteiger partial charge in [0.1, 0.15) is 24.4 Å². The minimum Gasteiger partial charge on any atom is -0.394 e. The highest BCUT2D eigenvalue weighted by Gasteiger charge is 2.44. The number of aliphatic hydroxyl groups is 5. The molecule has 1 saturated heterocycles. The number of nitrogens with one attached hydrogen (secondary N) is 1. The number of amides is 1. The summed E-state index contributed by atoms with van der Waals surface area (Å²) in [6.07, 6.45) is 78.5. The molecule has 0 aromatic heterocycles. The number of carbonyl (C=O) groups is 1. The second-order valence-corrected chi connectivity index (χ2v) is 25.7. The van der Waals surface area contributed by atoms with Crippen LogP contribution in [0.4, 0.5) is 0 Å². The SMILES string of the molecule is CCCCCCCCCCCCCCCCCC/C=C\CCCCCCCCCCCCCCCCCCCC(=O)NC(COC1OC(CO)C(O)C(O)C1O)C(O)/C=C/CC/C=C/CCCCCCCCCCCCCCCCCCC. The molecule has 1 aliphatic rings. The summed E-state index contributed by atoms with van der Waals surface area (Å²) in [7, 11) is 0. The zero-order valence-electron chi connectivity index (χ0n) is 55.0. The summed E-state index contributed by atoms with van der Waals surface area (Å²) in [5.74, 6) is -0.180. The monoisotopic (exact) mass is 1170 g/mol. The first kappa shape index (κ1) is 79.4. The zero-order chi connectivity index (χ0) is 60.0. The number of ether oxygens (including phenoxy) is 2. The second-order valence-electron chi connectivity index (χ2n) is 25.7. The third kappa shape index (κ3) is 52.1. The quantitative estimate of drug-likeness (QED) is 0.0261. The first-order chi connectivity index (χ1) is 40.8. The van der Waals surface area contributed by atoms with Gasteiger partial charge in [0.2, 0.25) is 5.91 Å². The number of unbranched alkanes of at least 4 members (excludes halogenated alkanes) is 51. The van der Waals surface area contributed by atoms with Gasteiger partial charge in [-0.3, -0.25) is 4.79 Å². The molecule has 9 heteroatoms. The topological polar surface area (TPSA) is 149 Å². The molecule has 0 aliphatic carbocycles. The van der Waals surface area contributed by atoms with Crippen molar-refractivity contribution in [3.8, 4) is 0 Å². The summed E-state index contributed by atoms with van der Waals surface area (Å²) in [5.41, 5.74) is 0. The lowest BCUT2D eigenvalue weighted by atomic mass is 9.99. The van der Waals surface area contributed by atoms with Gasteiger partial charge in [-0.2, -0.15) is 0 Å². The van der Waals surface area contributed by atoms with Crippen LogP contribution < -0.4 is 5.32 Å². The summed E-state index contributed by atoms with van der Waals surface area (Å²) in [6, 6.07) is -0.822. The fourth-order valence-corrected chi connectivity index (χ4v) is 11.9. The summed E-state index contributed by atoms with van der Waals surface area (Å²) in [5, 5.41) is 54.7. The summed E-state index contributed by atoms with van der Waals surface area (Å²) < 4.78 is 11.3. The van der Waals surface area contributed by atoms with E-state index in [-0.39, 0.29) is 12.5 Å². The van der Waals surface area contributed by atoms with E-state index < -0.39 is 49.5 Å². The Labute approximate surface area is 514 Å². The van der Waals surface area contributed by atoms with Gasteiger partial charge in [-0.05, 0) is 57.8 Å². The Balaban J connectivity index is 2.09. The molecule has 0 bridgehead atoms. The molecule has 1 aliphatic heterocycles. The number of allylic oxidation sites excluding steroid dienone is 5. The van der Waals surface area contributed by atoms with Crippen molar-refractivity contribution in [1.29, 1.82) is 0 Å². The van der Waals surface area contributed by atoms with E-state index in [9.17, 15) is 30.3 Å². The summed E-state index contributed by atoms with van der Waals surface area (Å²) in [6.45, 7) is 3.82. The molecular weight excluding hydrogens is 1030 g/mol. The van der Waals surface area contributed by atoms with Gasteiger partial charge in [0.15, 0.2) is 6.29 Å². The molecule has 490 valence electrons. The highest BCUT2D eigenvalue weighted by Crippen LogP contribution is 2.24. The van der Waals surface area contributed by atoms with Crippen molar-refractivity contribution in [3.05, 3.63) is 36.5 Å². The fourth-order valence-electron chi connectivity index (χ4n) is 11.9. The van der Waals surface area contributed by atoms with Crippen LogP contribution >= 0.6 is 0 Å². The van der Waals surface area contributed by atoms with Gasteiger partial charge in [-0.25, -0.2) is 0 Å². The van der Waals surface area contributed by atoms with Crippen molar-refractivity contribution in [2.45, 2.75) is 416 Å². The summed E-state index contributed by atoms with van der Waals surface area (Å²) in [4.78, 5) is 13.1. The molecular formula is C74H141NO8. The van der Waals surface area contributed by atoms with Crippen molar-refractivity contribution in [1.82, 2.24) is 5.32 Å². The van der Waals surface area contributed by atoms with E-state index in [1.54, 1.807) is 6.08 Å². The van der Waals surface area contributed by atoms with E-state index in [2.05, 4.69) is 43.5 Å². The van der Waals surface area contributed by atoms with Gasteiger partial charge in [0.05, 0.1) is 25.4 Å². The lowest BCUT2D eigenvalue weighted by molar-refractivity contribution is -0.302. The number of carbonyl (C=O) groups excluding carboxylic acids is 1. The Bertz CT molecular complexity index is 1410. The Morgan fingerprint density at radius 2 is 0.687 bits per heavy atom. The highest BCUT2D eigenvalue weighted by molar-refractivity contribution is 5.76. The molecule has 1 amide bonds. The van der Waals surface area contributed by atoms with E-state index in [1.807, 2.05) is 6.08 Å². The molecule has 6 N–H and O–H groups in total. The van der Waals surface area contributed by atoms with Gasteiger partial charge in [-0.1, -0.05) is 346 Å². The second kappa shape index (κ2) is 63.4. The summed E-state index contributed by atoms with van der Waals surface area (Å²) >= 11 is 0. The Hall–Kier alpha value is -1.59. The molecule has 0 saturated carbocycles. The van der Waals surface area contributed by atoms with Crippen LogP contribution in [0.3, 0.4) is 0 Å². The van der Waals surface area contributed by atoms with Gasteiger partial charge >= 0.3 is 0 Å². The van der Waals surface area contributed by atoms with Crippen molar-refractivity contribution < 1.29 is 39.8 Å². The van der Waals surface area contributed by atoms with Gasteiger partial charge in [0, 0.05) is 6.42 Å². The molecule has 0 radical (unpaired) electrons. The predicted molar refractivity (Wildman–Crippen MR) is 355 cm³/mol. The highest BCUT2D eigenvalue weighted by atomic mass is 16.7. The maximum absolute atomic E-state index is 13.1. The van der Waals surface area contributed by atoms with Gasteiger partial charge in [-0.15, -0.1) is 0 Å². The largest absolute Gasteiger partial charge is 0.394 e. The van der Waals surface area contributed by atoms with Crippen LogP contribution in [0.25, 0.3) is 0 Å². The number of rotatable bonds is 65. The van der Waals surface area contributed by atoms with Crippen molar-refractivity contribution in [2.75, 3.05) is 13.2 Å². The molecule has 0 aromatic carbocycles. The maximum Gasteiger partial charge on any atom is 0.220 e. The molecule has 1 fully saturated rings. The molecule has 1 heterocycles. The zero-order valence-corrected chi connectivity index (χ0v) is 55.0. The number of aliphatic hydroxyl groups excluding tert-OH is 5. The van der Waals surface area contributed by atoms with E-state index in [0.717, 1.165) is 38.5 Å². The average molecular weight is 1170 g/mol. The van der Waals surface area contributed by atoms with E-state index in [4.69, 9.17) is 9.47 Å². The van der Waals surface area contributed by atoms with E-state index in [1.165, 1.54) is 315 Å². The number of hydrogen-bond acceptors (Lipinski definition) is 8. The van der Waals surface area contributed by atoms with Crippen LogP contribution in [0.5, 0.6) is 0 Å². The first-order valence-electron chi connectivity index (χ1n) is 36.7. The van der Waals surface area contributed by atoms with Crippen LogP contribution in [-0.4, -0.2) is 87.5 Å². The molecule has 7 atom stereocenters. The van der Waals surface area contributed by atoms with E-state index >= 15 is 0 Å². The fraction of sp³-hybridized carbons (Fsp3) is 0.905. The Morgan fingerprint density at radius 3 is 1.01 bits per heavy atom. The van der Waals surface area contributed by atoms with Gasteiger partial charge < -0.3 is 40.3 Å². The average Bonchev–Trinajstić information content (AvgIpc) is 3.60. The van der Waals surface area contributed by atoms with Crippen molar-refractivity contribution in [2.24, 2.45) is 0 Å². The molecule has 1 rings (SSSR count). The van der Waals surface area contributed by atoms with Crippen molar-refractivity contribution >= 4 is 5.91 Å². The molecule has 0 aromatic rings. The first-order valence-corrected chi connectivity index (χ1v) is 36.7. The molecule has 7 unspecified atom stereocenters. The minimum absolute atomic E-state index is 0.180. The van der Waals surface area contributed by atoms with Crippen molar-refractivity contribution in [3.63, 3.8) is 0 Å². The number of hydrogen-bond donors (Lipinski definition) is 6. The lowest BCUT2D eigenvalue weighted by Gasteiger charge is -2.40. The third-order valence-corrected chi connectivity index (χ3v) is 17.7. The maximum atomic E-state index is 13.1. The minimum atomic E-state index is -1.57. The lowest BCUT2D eigenvalue weighted by Crippen LogP contribution is -2.60. The van der Waals surface area contributed by atoms with Crippen LogP contribution in [-0.2, 0) is 14.3 Å². The predicted octanol–water partition coefficient (Wildman–Crippen LogP) is 20.2. The molecule has 0 spiro atoms. The smallest absolute Gasteiger partial charge is 0.220 e. The van der Waals surface area contributed by atoms with E-state index in [0.29, 0.717) is 6.42 Å². The standard InChI is InChI=1S/C74H141NO8/c1-3-5-7-9-11-13-15-17-19-21-23-25-27-28-29-30-31-32-33-34-35-36-37-38-39-40-42-44-46-48-50-52-54-56-58-60-62-64-70(78)75-67(66-82-74-73(81)72(80)71(79)69(65-76)83-74)68(77)63-61-59-57-55-53-51-49-47-45-43-41-26-24-22-20-18-16-14-12-10-8-6-4-2/h32-33,53,55,61,63,67-69,71-74,76-77,79-81H,3-31,34-52,54,56-60,62,64-66H2,1-2H3,(H,75,78)/b33-32-,55-53+,63-61+. The van der Waals surface area contributed by atoms with Crippen LogP contribution in [0.15, 0.2) is 36.5 Å². The molecule has 9 nitrogen and oxygen atoms in total. The Kier molecular flexibility index (Phi) is 60.7. The molecule has 83 heavy (non-hydrogen) atoms. The normalized spacial score (nSPS) is 18.4. The van der Waals surface area contributed by atoms with Crippen LogP contribution in [0.1, 0.15) is 373 Å².